The molecule has 0 bridgehead atoms. The molecule has 1 aromatic carbocycles. The summed E-state index contributed by atoms with van der Waals surface area (Å²) in [4.78, 5) is 5.10. The lowest BCUT2D eigenvalue weighted by molar-refractivity contribution is 0.215. The Bertz CT molecular complexity index is 595. The molecule has 0 fully saturated rings. The van der Waals surface area contributed by atoms with Crippen LogP contribution in [0.2, 0.25) is 0 Å². The molecule has 3 rings (SSSR count). The van der Waals surface area contributed by atoms with Gasteiger partial charge < -0.3 is 15.0 Å². The van der Waals surface area contributed by atoms with Crippen LogP contribution < -0.4 is 10.5 Å². The lowest BCUT2D eigenvalue weighted by Gasteiger charge is -2.15. The van der Waals surface area contributed by atoms with Gasteiger partial charge in [-0.3, -0.25) is 0 Å². The van der Waals surface area contributed by atoms with Crippen molar-refractivity contribution in [2.45, 2.75) is 30.2 Å². The third kappa shape index (κ3) is 1.97. The van der Waals surface area contributed by atoms with Crippen LogP contribution in [0.5, 0.6) is 5.75 Å². The Morgan fingerprint density at radius 3 is 2.94 bits per heavy atom. The third-order valence-electron chi connectivity index (χ3n) is 2.56. The highest BCUT2D eigenvalue weighted by atomic mass is 32.2. The number of ether oxygens (including phenoxy) is 1. The van der Waals surface area contributed by atoms with Gasteiger partial charge in [-0.2, -0.15) is 4.98 Å². The normalized spacial score (nSPS) is 16.4. The fourth-order valence-corrected chi connectivity index (χ4v) is 2.82. The summed E-state index contributed by atoms with van der Waals surface area (Å²) in [5, 5.41) is 3.89. The van der Waals surface area contributed by atoms with Gasteiger partial charge in [0, 0.05) is 5.56 Å². The maximum Gasteiger partial charge on any atom is 0.240 e. The summed E-state index contributed by atoms with van der Waals surface area (Å²) in [7, 11) is 0. The number of hydrogen-bond donors (Lipinski definition) is 1. The van der Waals surface area contributed by atoms with Gasteiger partial charge in [-0.05, 0) is 32.0 Å². The lowest BCUT2D eigenvalue weighted by atomic mass is 10.2. The first kappa shape index (κ1) is 11.6. The molecule has 1 aliphatic heterocycles. The first-order valence-corrected chi connectivity index (χ1v) is 6.44. The van der Waals surface area contributed by atoms with Crippen LogP contribution in [-0.2, 0) is 6.54 Å². The number of hydrogen-bond acceptors (Lipinski definition) is 6. The molecule has 2 aromatic rings. The SMILES string of the molecule is CC1(C)Oc2cc(-c3noc(CN)n3)ccc2S1. The minimum absolute atomic E-state index is 0.222. The van der Waals surface area contributed by atoms with Gasteiger partial charge >= 0.3 is 0 Å². The number of rotatable bonds is 2. The molecule has 0 amide bonds. The Kier molecular flexibility index (Phi) is 2.57. The van der Waals surface area contributed by atoms with Crippen molar-refractivity contribution in [3.8, 4) is 17.1 Å². The predicted octanol–water partition coefficient (Wildman–Crippen LogP) is 2.42. The summed E-state index contributed by atoms with van der Waals surface area (Å²) in [6.07, 6.45) is 0. The highest BCUT2D eigenvalue weighted by Crippen LogP contribution is 2.47. The van der Waals surface area contributed by atoms with Crippen molar-refractivity contribution in [3.05, 3.63) is 24.1 Å². The molecular formula is C12H13N3O2S. The first-order valence-electron chi connectivity index (χ1n) is 5.62. The highest BCUT2D eigenvalue weighted by Gasteiger charge is 2.31. The maximum absolute atomic E-state index is 5.84. The standard InChI is InChI=1S/C12H13N3O2S/c1-12(2)16-8-5-7(3-4-9(8)18-12)11-14-10(6-13)17-15-11/h3-5H,6,13H2,1-2H3. The van der Waals surface area contributed by atoms with E-state index in [0.29, 0.717) is 11.7 Å². The van der Waals surface area contributed by atoms with E-state index in [0.717, 1.165) is 16.2 Å². The number of benzene rings is 1. The van der Waals surface area contributed by atoms with Gasteiger partial charge in [0.2, 0.25) is 11.7 Å². The highest BCUT2D eigenvalue weighted by molar-refractivity contribution is 8.00. The van der Waals surface area contributed by atoms with E-state index < -0.39 is 0 Å². The van der Waals surface area contributed by atoms with E-state index >= 15 is 0 Å². The maximum atomic E-state index is 5.84. The van der Waals surface area contributed by atoms with Crippen LogP contribution in [0.4, 0.5) is 0 Å². The predicted molar refractivity (Wildman–Crippen MR) is 68.2 cm³/mol. The van der Waals surface area contributed by atoms with Crippen molar-refractivity contribution < 1.29 is 9.26 Å². The second-order valence-electron chi connectivity index (χ2n) is 4.48. The summed E-state index contributed by atoms with van der Waals surface area (Å²) in [6, 6.07) is 5.91. The van der Waals surface area contributed by atoms with E-state index in [1.54, 1.807) is 11.8 Å². The summed E-state index contributed by atoms with van der Waals surface area (Å²) in [6.45, 7) is 4.33. The number of thioether (sulfide) groups is 1. The van der Waals surface area contributed by atoms with Crippen LogP contribution in [0.25, 0.3) is 11.4 Å². The zero-order chi connectivity index (χ0) is 12.8. The molecule has 0 atom stereocenters. The smallest absolute Gasteiger partial charge is 0.240 e. The fraction of sp³-hybridized carbons (Fsp3) is 0.333. The van der Waals surface area contributed by atoms with Crippen molar-refractivity contribution in [2.24, 2.45) is 5.73 Å². The molecule has 18 heavy (non-hydrogen) atoms. The van der Waals surface area contributed by atoms with Crippen LogP contribution in [0.15, 0.2) is 27.6 Å². The Labute approximate surface area is 109 Å². The van der Waals surface area contributed by atoms with Gasteiger partial charge in [0.15, 0.2) is 4.93 Å². The summed E-state index contributed by atoms with van der Waals surface area (Å²) in [5.74, 6) is 1.83. The average Bonchev–Trinajstić information content (AvgIpc) is 2.89. The summed E-state index contributed by atoms with van der Waals surface area (Å²) in [5.41, 5.74) is 6.31. The molecule has 2 N–H and O–H groups in total. The van der Waals surface area contributed by atoms with Crippen LogP contribution in [0, 0.1) is 0 Å². The minimum atomic E-state index is -0.222. The molecule has 2 heterocycles. The topological polar surface area (TPSA) is 74.2 Å². The molecular weight excluding hydrogens is 250 g/mol. The van der Waals surface area contributed by atoms with Gasteiger partial charge in [-0.15, -0.1) is 0 Å². The van der Waals surface area contributed by atoms with E-state index in [9.17, 15) is 0 Å². The number of fused-ring (bicyclic) bond motifs is 1. The van der Waals surface area contributed by atoms with E-state index in [2.05, 4.69) is 10.1 Å². The van der Waals surface area contributed by atoms with Gasteiger partial charge in [0.1, 0.15) is 5.75 Å². The van der Waals surface area contributed by atoms with Crippen molar-refractivity contribution in [1.82, 2.24) is 10.1 Å². The molecule has 1 aromatic heterocycles. The van der Waals surface area contributed by atoms with E-state index in [4.69, 9.17) is 15.0 Å². The molecule has 0 unspecified atom stereocenters. The van der Waals surface area contributed by atoms with Crippen molar-refractivity contribution in [3.63, 3.8) is 0 Å². The monoisotopic (exact) mass is 263 g/mol. The van der Waals surface area contributed by atoms with Crippen molar-refractivity contribution >= 4 is 11.8 Å². The van der Waals surface area contributed by atoms with Gasteiger partial charge in [0.05, 0.1) is 11.4 Å². The van der Waals surface area contributed by atoms with Gasteiger partial charge in [-0.1, -0.05) is 16.9 Å². The number of nitrogens with zero attached hydrogens (tertiary/aromatic N) is 2. The fourth-order valence-electron chi connectivity index (χ4n) is 1.82. The molecule has 6 heteroatoms. The number of nitrogens with two attached hydrogens (primary N) is 1. The number of aromatic nitrogens is 2. The van der Waals surface area contributed by atoms with Gasteiger partial charge in [0.25, 0.3) is 0 Å². The molecule has 0 aliphatic carbocycles. The molecule has 0 radical (unpaired) electrons. The molecule has 94 valence electrons. The Morgan fingerprint density at radius 1 is 1.39 bits per heavy atom. The quantitative estimate of drug-likeness (QED) is 0.896. The van der Waals surface area contributed by atoms with Crippen LogP contribution in [-0.4, -0.2) is 15.1 Å². The molecule has 1 aliphatic rings. The lowest BCUT2D eigenvalue weighted by Crippen LogP contribution is -2.18. The molecule has 0 saturated heterocycles. The second-order valence-corrected chi connectivity index (χ2v) is 6.11. The first-order chi connectivity index (χ1) is 8.57. The zero-order valence-corrected chi connectivity index (χ0v) is 11.0. The summed E-state index contributed by atoms with van der Waals surface area (Å²) < 4.78 is 10.8. The van der Waals surface area contributed by atoms with E-state index in [-0.39, 0.29) is 11.5 Å². The second kappa shape index (κ2) is 4.00. The molecule has 5 nitrogen and oxygen atoms in total. The Morgan fingerprint density at radius 2 is 2.22 bits per heavy atom. The molecule has 0 saturated carbocycles. The largest absolute Gasteiger partial charge is 0.476 e. The molecule has 0 spiro atoms. The third-order valence-corrected chi connectivity index (χ3v) is 3.69. The van der Waals surface area contributed by atoms with Crippen LogP contribution in [0.1, 0.15) is 19.7 Å². The van der Waals surface area contributed by atoms with E-state index in [1.165, 1.54) is 0 Å². The van der Waals surface area contributed by atoms with Crippen molar-refractivity contribution in [2.75, 3.05) is 0 Å². The zero-order valence-electron chi connectivity index (χ0n) is 10.1. The van der Waals surface area contributed by atoms with Crippen LogP contribution in [0.3, 0.4) is 0 Å². The van der Waals surface area contributed by atoms with E-state index in [1.807, 2.05) is 32.0 Å². The average molecular weight is 263 g/mol. The minimum Gasteiger partial charge on any atom is -0.476 e. The van der Waals surface area contributed by atoms with Gasteiger partial charge in [-0.25, -0.2) is 0 Å². The van der Waals surface area contributed by atoms with Crippen molar-refractivity contribution in [1.29, 1.82) is 0 Å². The van der Waals surface area contributed by atoms with Crippen LogP contribution >= 0.6 is 11.8 Å². The Hall–Kier alpha value is -1.53. The Balaban J connectivity index is 1.97. The summed E-state index contributed by atoms with van der Waals surface area (Å²) >= 11 is 1.70.